The lowest BCUT2D eigenvalue weighted by molar-refractivity contribution is 0.0468. The lowest BCUT2D eigenvalue weighted by Gasteiger charge is -2.27. The van der Waals surface area contributed by atoms with E-state index in [9.17, 15) is 4.79 Å². The number of benzene rings is 2. The van der Waals surface area contributed by atoms with Gasteiger partial charge in [0.05, 0.1) is 6.54 Å². The SMILES string of the molecule is CC(C)C(C)OC(=O)N1CCc2oc(-c3ccc(OCc4ccc(Cl)cc4)cc3)nc2C1. The van der Waals surface area contributed by atoms with Gasteiger partial charge in [0.1, 0.15) is 29.9 Å². The van der Waals surface area contributed by atoms with Gasteiger partial charge in [-0.25, -0.2) is 9.78 Å². The molecule has 1 atom stereocenters. The van der Waals surface area contributed by atoms with E-state index in [1.54, 1.807) is 4.90 Å². The van der Waals surface area contributed by atoms with Crippen LogP contribution < -0.4 is 4.74 Å². The van der Waals surface area contributed by atoms with E-state index in [-0.39, 0.29) is 18.1 Å². The van der Waals surface area contributed by atoms with E-state index < -0.39 is 0 Å². The minimum Gasteiger partial charge on any atom is -0.489 e. The number of fused-ring (bicyclic) bond motifs is 1. The molecule has 1 aliphatic rings. The van der Waals surface area contributed by atoms with Gasteiger partial charge in [0.2, 0.25) is 5.89 Å². The molecule has 1 amide bonds. The molecule has 4 rings (SSSR count). The Morgan fingerprint density at radius 1 is 1.12 bits per heavy atom. The van der Waals surface area contributed by atoms with Gasteiger partial charge in [-0.2, -0.15) is 0 Å². The fraction of sp³-hybridized carbons (Fsp3) is 0.360. The first-order valence-corrected chi connectivity index (χ1v) is 11.2. The van der Waals surface area contributed by atoms with E-state index in [0.717, 1.165) is 28.3 Å². The number of oxazole rings is 1. The van der Waals surface area contributed by atoms with Crippen molar-refractivity contribution in [3.05, 3.63) is 70.6 Å². The number of amides is 1. The van der Waals surface area contributed by atoms with Crippen LogP contribution in [0.2, 0.25) is 5.02 Å². The van der Waals surface area contributed by atoms with Crippen molar-refractivity contribution in [1.29, 1.82) is 0 Å². The molecular formula is C25H27ClN2O4. The first kappa shape index (κ1) is 22.2. The molecule has 1 aromatic heterocycles. The summed E-state index contributed by atoms with van der Waals surface area (Å²) in [5.41, 5.74) is 2.69. The first-order valence-electron chi connectivity index (χ1n) is 10.8. The molecule has 0 spiro atoms. The Labute approximate surface area is 193 Å². The highest BCUT2D eigenvalue weighted by Crippen LogP contribution is 2.28. The third-order valence-electron chi connectivity index (χ3n) is 5.63. The second kappa shape index (κ2) is 9.65. The van der Waals surface area contributed by atoms with Gasteiger partial charge in [-0.15, -0.1) is 0 Å². The van der Waals surface area contributed by atoms with Gasteiger partial charge in [0.25, 0.3) is 0 Å². The molecule has 1 aliphatic heterocycles. The van der Waals surface area contributed by atoms with Crippen LogP contribution in [0, 0.1) is 5.92 Å². The lowest BCUT2D eigenvalue weighted by Crippen LogP contribution is -2.38. The Kier molecular flexibility index (Phi) is 6.70. The van der Waals surface area contributed by atoms with Crippen molar-refractivity contribution in [3.8, 4) is 17.2 Å². The molecular weight excluding hydrogens is 428 g/mol. The summed E-state index contributed by atoms with van der Waals surface area (Å²) in [4.78, 5) is 18.8. The normalized spacial score (nSPS) is 14.2. The minimum absolute atomic E-state index is 0.128. The Morgan fingerprint density at radius 3 is 2.53 bits per heavy atom. The zero-order chi connectivity index (χ0) is 22.7. The third-order valence-corrected chi connectivity index (χ3v) is 5.88. The average molecular weight is 455 g/mol. The largest absolute Gasteiger partial charge is 0.489 e. The van der Waals surface area contributed by atoms with E-state index in [1.807, 2.05) is 69.3 Å². The van der Waals surface area contributed by atoms with Gasteiger partial charge < -0.3 is 18.8 Å². The smallest absolute Gasteiger partial charge is 0.410 e. The van der Waals surface area contributed by atoms with Crippen molar-refractivity contribution in [3.63, 3.8) is 0 Å². The number of rotatable bonds is 6. The number of hydrogen-bond donors (Lipinski definition) is 0. The molecule has 3 aromatic rings. The van der Waals surface area contributed by atoms with Crippen LogP contribution in [0.1, 0.15) is 37.8 Å². The maximum absolute atomic E-state index is 12.4. The lowest BCUT2D eigenvalue weighted by atomic mass is 10.1. The maximum Gasteiger partial charge on any atom is 0.410 e. The van der Waals surface area contributed by atoms with Crippen molar-refractivity contribution in [2.75, 3.05) is 6.54 Å². The predicted molar refractivity (Wildman–Crippen MR) is 123 cm³/mol. The average Bonchev–Trinajstić information content (AvgIpc) is 3.22. The highest BCUT2D eigenvalue weighted by Gasteiger charge is 2.28. The molecule has 0 bridgehead atoms. The van der Waals surface area contributed by atoms with Crippen molar-refractivity contribution < 1.29 is 18.7 Å². The van der Waals surface area contributed by atoms with Crippen LogP contribution in [-0.2, 0) is 24.3 Å². The van der Waals surface area contributed by atoms with Gasteiger partial charge in [-0.1, -0.05) is 37.6 Å². The molecule has 0 radical (unpaired) electrons. The third kappa shape index (κ3) is 5.25. The molecule has 2 aromatic carbocycles. The van der Waals surface area contributed by atoms with Crippen LogP contribution in [0.15, 0.2) is 52.9 Å². The quantitative estimate of drug-likeness (QED) is 0.449. The Bertz CT molecular complexity index is 1060. The monoisotopic (exact) mass is 454 g/mol. The molecule has 0 fully saturated rings. The second-order valence-electron chi connectivity index (χ2n) is 8.33. The second-order valence-corrected chi connectivity index (χ2v) is 8.77. The molecule has 32 heavy (non-hydrogen) atoms. The van der Waals surface area contributed by atoms with E-state index in [4.69, 9.17) is 25.5 Å². The van der Waals surface area contributed by atoms with Crippen LogP contribution in [0.5, 0.6) is 5.75 Å². The summed E-state index contributed by atoms with van der Waals surface area (Å²) in [5.74, 6) is 2.40. The Morgan fingerprint density at radius 2 is 1.84 bits per heavy atom. The standard InChI is InChI=1S/C25H27ClN2O4/c1-16(2)17(3)31-25(29)28-13-12-23-22(14-28)27-24(32-23)19-6-10-21(11-7-19)30-15-18-4-8-20(26)9-5-18/h4-11,16-17H,12-15H2,1-3H3. The van der Waals surface area contributed by atoms with Gasteiger partial charge in [-0.3, -0.25) is 0 Å². The highest BCUT2D eigenvalue weighted by atomic mass is 35.5. The van der Waals surface area contributed by atoms with Crippen LogP contribution in [0.25, 0.3) is 11.5 Å². The van der Waals surface area contributed by atoms with E-state index in [1.165, 1.54) is 0 Å². The molecule has 2 heterocycles. The number of ether oxygens (including phenoxy) is 2. The van der Waals surface area contributed by atoms with Crippen molar-refractivity contribution in [1.82, 2.24) is 9.88 Å². The number of nitrogens with zero attached hydrogens (tertiary/aromatic N) is 2. The zero-order valence-corrected chi connectivity index (χ0v) is 19.3. The number of carbonyl (C=O) groups excluding carboxylic acids is 1. The molecule has 1 unspecified atom stereocenters. The van der Waals surface area contributed by atoms with E-state index in [0.29, 0.717) is 37.0 Å². The van der Waals surface area contributed by atoms with Crippen molar-refractivity contribution in [2.45, 2.75) is 46.4 Å². The summed E-state index contributed by atoms with van der Waals surface area (Å²) in [6.45, 7) is 7.39. The van der Waals surface area contributed by atoms with Gasteiger partial charge >= 0.3 is 6.09 Å². The van der Waals surface area contributed by atoms with Crippen LogP contribution in [0.3, 0.4) is 0 Å². The number of aromatic nitrogens is 1. The molecule has 0 aliphatic carbocycles. The number of halogens is 1. The molecule has 168 valence electrons. The molecule has 6 nitrogen and oxygen atoms in total. The molecule has 0 saturated carbocycles. The summed E-state index contributed by atoms with van der Waals surface area (Å²) in [7, 11) is 0. The van der Waals surface area contributed by atoms with Crippen LogP contribution in [0.4, 0.5) is 4.79 Å². The molecule has 0 saturated heterocycles. The van der Waals surface area contributed by atoms with Gasteiger partial charge in [0.15, 0.2) is 0 Å². The number of carbonyl (C=O) groups is 1. The maximum atomic E-state index is 12.4. The fourth-order valence-corrected chi connectivity index (χ4v) is 3.41. The fourth-order valence-electron chi connectivity index (χ4n) is 3.29. The van der Waals surface area contributed by atoms with Crippen molar-refractivity contribution >= 4 is 17.7 Å². The summed E-state index contributed by atoms with van der Waals surface area (Å²) >= 11 is 5.92. The molecule has 0 N–H and O–H groups in total. The summed E-state index contributed by atoms with van der Waals surface area (Å²) in [6.07, 6.45) is 0.191. The summed E-state index contributed by atoms with van der Waals surface area (Å²) in [6, 6.07) is 15.2. The van der Waals surface area contributed by atoms with Gasteiger partial charge in [-0.05, 0) is 54.8 Å². The van der Waals surface area contributed by atoms with E-state index >= 15 is 0 Å². The topological polar surface area (TPSA) is 64.8 Å². The van der Waals surface area contributed by atoms with Gasteiger partial charge in [0, 0.05) is 23.6 Å². The molecule has 7 heteroatoms. The predicted octanol–water partition coefficient (Wildman–Crippen LogP) is 6.11. The van der Waals surface area contributed by atoms with E-state index in [2.05, 4.69) is 4.98 Å². The zero-order valence-electron chi connectivity index (χ0n) is 18.5. The summed E-state index contributed by atoms with van der Waals surface area (Å²) in [5, 5.41) is 0.705. The minimum atomic E-state index is -0.302. The van der Waals surface area contributed by atoms with Crippen LogP contribution >= 0.6 is 11.6 Å². The highest BCUT2D eigenvalue weighted by molar-refractivity contribution is 6.30. The number of hydrogen-bond acceptors (Lipinski definition) is 5. The van der Waals surface area contributed by atoms with Crippen molar-refractivity contribution in [2.24, 2.45) is 5.92 Å². The summed E-state index contributed by atoms with van der Waals surface area (Å²) < 4.78 is 17.4. The Balaban J connectivity index is 1.38. The Hall–Kier alpha value is -2.99. The van der Waals surface area contributed by atoms with Crippen LogP contribution in [-0.4, -0.2) is 28.6 Å². The first-order chi connectivity index (χ1) is 15.4.